The number of hydrogen-bond donors (Lipinski definition) is 0. The van der Waals surface area contributed by atoms with Crippen LogP contribution in [-0.4, -0.2) is 56.4 Å². The fraction of sp³-hybridized carbons (Fsp3) is 0.222. The number of amides is 1. The Bertz CT molecular complexity index is 1420. The Balaban J connectivity index is 1.17. The molecular weight excluding hydrogens is 442 g/mol. The van der Waals surface area contributed by atoms with Gasteiger partial charge in [-0.2, -0.15) is 0 Å². The summed E-state index contributed by atoms with van der Waals surface area (Å²) in [7, 11) is 0. The van der Waals surface area contributed by atoms with Gasteiger partial charge in [0.25, 0.3) is 5.91 Å². The highest BCUT2D eigenvalue weighted by atomic mass is 32.1. The van der Waals surface area contributed by atoms with Crippen molar-refractivity contribution >= 4 is 38.5 Å². The maximum atomic E-state index is 13.0. The number of carbonyl (C=O) groups is 1. The first-order chi connectivity index (χ1) is 16.7. The third-order valence-corrected chi connectivity index (χ3v) is 7.44. The highest BCUT2D eigenvalue weighted by molar-refractivity contribution is 7.20. The van der Waals surface area contributed by atoms with Crippen LogP contribution in [0.5, 0.6) is 0 Å². The molecule has 1 fully saturated rings. The van der Waals surface area contributed by atoms with Crippen LogP contribution in [0, 0.1) is 0 Å². The van der Waals surface area contributed by atoms with Crippen molar-refractivity contribution in [3.05, 3.63) is 95.3 Å². The predicted molar refractivity (Wildman–Crippen MR) is 136 cm³/mol. The minimum absolute atomic E-state index is 0.0390. The topological polar surface area (TPSA) is 54.3 Å². The Kier molecular flexibility index (Phi) is 5.57. The summed E-state index contributed by atoms with van der Waals surface area (Å²) in [6.45, 7) is 4.62. The van der Waals surface area contributed by atoms with E-state index >= 15 is 0 Å². The first-order valence-corrected chi connectivity index (χ1v) is 12.4. The molecule has 1 amide bonds. The number of hydrogen-bond acceptors (Lipinski definition) is 5. The highest BCUT2D eigenvalue weighted by Gasteiger charge is 2.25. The molecule has 0 atom stereocenters. The molecular formula is C27H25N5OS. The SMILES string of the molecule is O=C(c1nc2ccccc2s1)N1CCN(Cc2nc3ccccc3n2Cc2ccccc2)CC1. The van der Waals surface area contributed by atoms with Gasteiger partial charge in [-0.1, -0.05) is 54.6 Å². The average Bonchev–Trinajstić information content (AvgIpc) is 3.46. The van der Waals surface area contributed by atoms with E-state index in [1.54, 1.807) is 0 Å². The largest absolute Gasteiger partial charge is 0.334 e. The van der Waals surface area contributed by atoms with E-state index in [-0.39, 0.29) is 5.91 Å². The molecule has 3 aromatic carbocycles. The van der Waals surface area contributed by atoms with Gasteiger partial charge in [-0.25, -0.2) is 9.97 Å². The van der Waals surface area contributed by atoms with Crippen molar-refractivity contribution in [2.45, 2.75) is 13.1 Å². The van der Waals surface area contributed by atoms with Crippen LogP contribution in [0.2, 0.25) is 0 Å². The summed E-state index contributed by atoms with van der Waals surface area (Å²) >= 11 is 1.48. The second kappa shape index (κ2) is 9.00. The van der Waals surface area contributed by atoms with Gasteiger partial charge in [-0.05, 0) is 29.8 Å². The second-order valence-corrected chi connectivity index (χ2v) is 9.67. The van der Waals surface area contributed by atoms with Crippen molar-refractivity contribution in [3.8, 4) is 0 Å². The van der Waals surface area contributed by atoms with Gasteiger partial charge in [-0.15, -0.1) is 11.3 Å². The molecule has 2 aromatic heterocycles. The van der Waals surface area contributed by atoms with E-state index in [0.29, 0.717) is 18.1 Å². The quantitative estimate of drug-likeness (QED) is 0.378. The number of piperazine rings is 1. The minimum Gasteiger partial charge on any atom is -0.334 e. The van der Waals surface area contributed by atoms with Gasteiger partial charge in [0.1, 0.15) is 5.82 Å². The molecule has 3 heterocycles. The summed E-state index contributed by atoms with van der Waals surface area (Å²) in [5.41, 5.74) is 4.34. The molecule has 0 aliphatic carbocycles. The molecule has 0 unspecified atom stereocenters. The number of imidazole rings is 1. The fourth-order valence-corrected chi connectivity index (χ4v) is 5.53. The minimum atomic E-state index is 0.0390. The van der Waals surface area contributed by atoms with Gasteiger partial charge in [0.2, 0.25) is 0 Å². The molecule has 7 heteroatoms. The Morgan fingerprint density at radius 1 is 0.765 bits per heavy atom. The zero-order chi connectivity index (χ0) is 22.9. The van der Waals surface area contributed by atoms with Crippen LogP contribution in [0.15, 0.2) is 78.9 Å². The molecule has 0 radical (unpaired) electrons. The zero-order valence-electron chi connectivity index (χ0n) is 18.8. The molecule has 5 aromatic rings. The van der Waals surface area contributed by atoms with E-state index in [1.807, 2.05) is 41.3 Å². The molecule has 1 saturated heterocycles. The number of carbonyl (C=O) groups excluding carboxylic acids is 1. The Labute approximate surface area is 202 Å². The van der Waals surface area contributed by atoms with E-state index < -0.39 is 0 Å². The van der Waals surface area contributed by atoms with Crippen LogP contribution in [0.1, 0.15) is 21.2 Å². The Morgan fingerprint density at radius 2 is 1.47 bits per heavy atom. The maximum Gasteiger partial charge on any atom is 0.282 e. The number of fused-ring (bicyclic) bond motifs is 2. The van der Waals surface area contributed by atoms with Crippen LogP contribution in [0.3, 0.4) is 0 Å². The molecule has 0 saturated carbocycles. The molecule has 6 rings (SSSR count). The highest BCUT2D eigenvalue weighted by Crippen LogP contribution is 2.24. The third-order valence-electron chi connectivity index (χ3n) is 6.42. The van der Waals surface area contributed by atoms with Gasteiger partial charge in [0.05, 0.1) is 27.8 Å². The first kappa shape index (κ1) is 21.0. The van der Waals surface area contributed by atoms with Crippen molar-refractivity contribution < 1.29 is 4.79 Å². The monoisotopic (exact) mass is 467 g/mol. The van der Waals surface area contributed by atoms with Gasteiger partial charge in [-0.3, -0.25) is 9.69 Å². The van der Waals surface area contributed by atoms with Crippen molar-refractivity contribution in [2.75, 3.05) is 26.2 Å². The molecule has 0 N–H and O–H groups in total. The number of thiazole rings is 1. The molecule has 34 heavy (non-hydrogen) atoms. The number of nitrogens with zero attached hydrogens (tertiary/aromatic N) is 5. The van der Waals surface area contributed by atoms with Crippen LogP contribution in [-0.2, 0) is 13.1 Å². The Hall–Kier alpha value is -3.55. The lowest BCUT2D eigenvalue weighted by Crippen LogP contribution is -2.48. The summed E-state index contributed by atoms with van der Waals surface area (Å²) < 4.78 is 3.38. The van der Waals surface area contributed by atoms with Crippen LogP contribution < -0.4 is 0 Å². The van der Waals surface area contributed by atoms with Gasteiger partial charge in [0.15, 0.2) is 5.01 Å². The molecule has 1 aliphatic rings. The maximum absolute atomic E-state index is 13.0. The van der Waals surface area contributed by atoms with E-state index in [9.17, 15) is 4.79 Å². The summed E-state index contributed by atoms with van der Waals surface area (Å²) in [6, 6.07) is 26.8. The van der Waals surface area contributed by atoms with Crippen LogP contribution in [0.25, 0.3) is 21.3 Å². The standard InChI is InChI=1S/C27H25N5OS/c33-27(26-29-22-11-5-7-13-24(22)34-26)31-16-14-30(15-17-31)19-25-28-21-10-4-6-12-23(21)32(25)18-20-8-2-1-3-9-20/h1-13H,14-19H2. The molecule has 0 spiro atoms. The lowest BCUT2D eigenvalue weighted by Gasteiger charge is -2.34. The van der Waals surface area contributed by atoms with Gasteiger partial charge in [0, 0.05) is 32.7 Å². The number of aromatic nitrogens is 3. The number of rotatable bonds is 5. The van der Waals surface area contributed by atoms with E-state index in [4.69, 9.17) is 4.98 Å². The lowest BCUT2D eigenvalue weighted by atomic mass is 10.2. The summed E-state index contributed by atoms with van der Waals surface area (Å²) in [5.74, 6) is 1.10. The average molecular weight is 468 g/mol. The first-order valence-electron chi connectivity index (χ1n) is 11.6. The molecule has 170 valence electrons. The van der Waals surface area contributed by atoms with Crippen molar-refractivity contribution in [3.63, 3.8) is 0 Å². The van der Waals surface area contributed by atoms with Crippen LogP contribution >= 0.6 is 11.3 Å². The lowest BCUT2D eigenvalue weighted by molar-refractivity contribution is 0.0624. The van der Waals surface area contributed by atoms with Crippen molar-refractivity contribution in [1.82, 2.24) is 24.3 Å². The third kappa shape index (κ3) is 4.08. The summed E-state index contributed by atoms with van der Waals surface area (Å²) in [6.07, 6.45) is 0. The smallest absolute Gasteiger partial charge is 0.282 e. The van der Waals surface area contributed by atoms with Crippen molar-refractivity contribution in [1.29, 1.82) is 0 Å². The zero-order valence-corrected chi connectivity index (χ0v) is 19.6. The predicted octanol–water partition coefficient (Wildman–Crippen LogP) is 4.65. The van der Waals surface area contributed by atoms with E-state index in [0.717, 1.165) is 53.3 Å². The number of para-hydroxylation sites is 3. The molecule has 0 bridgehead atoms. The normalized spacial score (nSPS) is 14.8. The summed E-state index contributed by atoms with van der Waals surface area (Å²) in [5, 5.41) is 0.583. The van der Waals surface area contributed by atoms with E-state index in [1.165, 1.54) is 16.9 Å². The van der Waals surface area contributed by atoms with Crippen molar-refractivity contribution in [2.24, 2.45) is 0 Å². The fourth-order valence-electron chi connectivity index (χ4n) is 4.60. The van der Waals surface area contributed by atoms with Crippen LogP contribution in [0.4, 0.5) is 0 Å². The van der Waals surface area contributed by atoms with Gasteiger partial charge < -0.3 is 9.47 Å². The Morgan fingerprint density at radius 3 is 2.26 bits per heavy atom. The number of benzene rings is 3. The van der Waals surface area contributed by atoms with Gasteiger partial charge >= 0.3 is 0 Å². The summed E-state index contributed by atoms with van der Waals surface area (Å²) in [4.78, 5) is 26.9. The molecule has 6 nitrogen and oxygen atoms in total. The molecule has 1 aliphatic heterocycles. The second-order valence-electron chi connectivity index (χ2n) is 8.64. The van der Waals surface area contributed by atoms with E-state index in [2.05, 4.69) is 56.9 Å².